The van der Waals surface area contributed by atoms with Gasteiger partial charge in [0.1, 0.15) is 0 Å². The van der Waals surface area contributed by atoms with Crippen LogP contribution >= 0.6 is 0 Å². The molecule has 0 aliphatic carbocycles. The van der Waals surface area contributed by atoms with Gasteiger partial charge in [-0.3, -0.25) is 0 Å². The summed E-state index contributed by atoms with van der Waals surface area (Å²) < 4.78 is 31.5. The summed E-state index contributed by atoms with van der Waals surface area (Å²) in [6, 6.07) is 3.85. The zero-order chi connectivity index (χ0) is 15.6. The van der Waals surface area contributed by atoms with Crippen molar-refractivity contribution in [2.75, 3.05) is 19.5 Å². The van der Waals surface area contributed by atoms with E-state index in [1.165, 1.54) is 32.0 Å². The molecule has 0 radical (unpaired) electrons. The number of methoxy groups -OCH3 is 1. The SMILES string of the molecule is COC(=O)c1ccc(N)cc1S(=O)(=O)NC(C)(C)CO. The number of benzene rings is 1. The van der Waals surface area contributed by atoms with Crippen LogP contribution in [-0.4, -0.2) is 38.7 Å². The van der Waals surface area contributed by atoms with Gasteiger partial charge in [0.2, 0.25) is 10.0 Å². The molecule has 0 aliphatic heterocycles. The molecule has 1 aromatic rings. The van der Waals surface area contributed by atoms with Crippen LogP contribution in [0.1, 0.15) is 24.2 Å². The number of carbonyl (C=O) groups is 1. The lowest BCUT2D eigenvalue weighted by atomic mass is 10.1. The summed E-state index contributed by atoms with van der Waals surface area (Å²) >= 11 is 0. The first kappa shape index (κ1) is 16.4. The van der Waals surface area contributed by atoms with E-state index in [0.29, 0.717) is 0 Å². The molecule has 0 amide bonds. The van der Waals surface area contributed by atoms with E-state index >= 15 is 0 Å². The normalized spacial score (nSPS) is 12.2. The Morgan fingerprint density at radius 2 is 2.05 bits per heavy atom. The van der Waals surface area contributed by atoms with Gasteiger partial charge in [0.15, 0.2) is 0 Å². The number of nitrogens with two attached hydrogens (primary N) is 1. The van der Waals surface area contributed by atoms with Crippen LogP contribution in [0.3, 0.4) is 0 Å². The van der Waals surface area contributed by atoms with Crippen molar-refractivity contribution in [2.45, 2.75) is 24.3 Å². The Morgan fingerprint density at radius 3 is 2.55 bits per heavy atom. The molecule has 0 saturated carbocycles. The predicted molar refractivity (Wildman–Crippen MR) is 73.7 cm³/mol. The number of nitrogen functional groups attached to an aromatic ring is 1. The fourth-order valence-electron chi connectivity index (χ4n) is 1.49. The van der Waals surface area contributed by atoms with Crippen molar-refractivity contribution in [1.29, 1.82) is 0 Å². The fraction of sp³-hybridized carbons (Fsp3) is 0.417. The van der Waals surface area contributed by atoms with Gasteiger partial charge in [0.25, 0.3) is 0 Å². The minimum Gasteiger partial charge on any atom is -0.465 e. The standard InChI is InChI=1S/C12H18N2O5S/c1-12(2,7-15)14-20(17,18)10-6-8(13)4-5-9(10)11(16)19-3/h4-6,14-15H,7,13H2,1-3H3. The Hall–Kier alpha value is -1.64. The number of hydrogen-bond donors (Lipinski definition) is 3. The molecule has 0 aliphatic rings. The second-order valence-corrected chi connectivity index (χ2v) is 6.55. The van der Waals surface area contributed by atoms with Gasteiger partial charge in [0, 0.05) is 5.69 Å². The van der Waals surface area contributed by atoms with E-state index in [1.807, 2.05) is 0 Å². The average Bonchev–Trinajstić information content (AvgIpc) is 2.36. The fourth-order valence-corrected chi connectivity index (χ4v) is 3.12. The summed E-state index contributed by atoms with van der Waals surface area (Å²) in [7, 11) is -2.88. The Kier molecular flexibility index (Phi) is 4.74. The lowest BCUT2D eigenvalue weighted by Gasteiger charge is -2.23. The molecular formula is C12H18N2O5S. The van der Waals surface area contributed by atoms with E-state index in [2.05, 4.69) is 9.46 Å². The van der Waals surface area contributed by atoms with Crippen LogP contribution in [0.4, 0.5) is 5.69 Å². The molecular weight excluding hydrogens is 284 g/mol. The Balaban J connectivity index is 3.37. The number of sulfonamides is 1. The van der Waals surface area contributed by atoms with Gasteiger partial charge < -0.3 is 15.6 Å². The second kappa shape index (κ2) is 5.78. The van der Waals surface area contributed by atoms with Gasteiger partial charge in [0.05, 0.1) is 29.7 Å². The van der Waals surface area contributed by atoms with Crippen LogP contribution in [-0.2, 0) is 14.8 Å². The molecule has 112 valence electrons. The van der Waals surface area contributed by atoms with Crippen molar-refractivity contribution in [3.05, 3.63) is 23.8 Å². The van der Waals surface area contributed by atoms with Gasteiger partial charge in [-0.1, -0.05) is 0 Å². The Morgan fingerprint density at radius 1 is 1.45 bits per heavy atom. The first-order valence-corrected chi connectivity index (χ1v) is 7.24. The third kappa shape index (κ3) is 3.69. The zero-order valence-electron chi connectivity index (χ0n) is 11.5. The molecule has 4 N–H and O–H groups in total. The van der Waals surface area contributed by atoms with Crippen molar-refractivity contribution >= 4 is 21.7 Å². The number of aliphatic hydroxyl groups excluding tert-OH is 1. The van der Waals surface area contributed by atoms with E-state index in [-0.39, 0.29) is 16.1 Å². The van der Waals surface area contributed by atoms with Crippen molar-refractivity contribution in [1.82, 2.24) is 4.72 Å². The van der Waals surface area contributed by atoms with Gasteiger partial charge in [-0.15, -0.1) is 0 Å². The van der Waals surface area contributed by atoms with Crippen molar-refractivity contribution in [3.8, 4) is 0 Å². The maximum atomic E-state index is 12.3. The molecule has 0 unspecified atom stereocenters. The van der Waals surface area contributed by atoms with Crippen LogP contribution < -0.4 is 10.5 Å². The number of rotatable bonds is 5. The molecule has 8 heteroatoms. The molecule has 7 nitrogen and oxygen atoms in total. The third-order valence-corrected chi connectivity index (χ3v) is 4.24. The highest BCUT2D eigenvalue weighted by atomic mass is 32.2. The van der Waals surface area contributed by atoms with Gasteiger partial charge in [-0.05, 0) is 32.0 Å². The van der Waals surface area contributed by atoms with Crippen LogP contribution in [0.25, 0.3) is 0 Å². The van der Waals surface area contributed by atoms with Crippen LogP contribution in [0.5, 0.6) is 0 Å². The number of anilines is 1. The van der Waals surface area contributed by atoms with Crippen LogP contribution in [0, 0.1) is 0 Å². The summed E-state index contributed by atoms with van der Waals surface area (Å²) in [5.41, 5.74) is 4.57. The smallest absolute Gasteiger partial charge is 0.339 e. The van der Waals surface area contributed by atoms with E-state index in [4.69, 9.17) is 10.8 Å². The molecule has 0 fully saturated rings. The molecule has 0 heterocycles. The number of ether oxygens (including phenoxy) is 1. The molecule has 20 heavy (non-hydrogen) atoms. The second-order valence-electron chi connectivity index (χ2n) is 4.89. The topological polar surface area (TPSA) is 119 Å². The number of esters is 1. The largest absolute Gasteiger partial charge is 0.465 e. The number of carbonyl (C=O) groups excluding carboxylic acids is 1. The van der Waals surface area contributed by atoms with Crippen molar-refractivity contribution in [2.24, 2.45) is 0 Å². The van der Waals surface area contributed by atoms with Gasteiger partial charge >= 0.3 is 5.97 Å². The molecule has 0 aromatic heterocycles. The Bertz CT molecular complexity index is 610. The van der Waals surface area contributed by atoms with Gasteiger partial charge in [-0.2, -0.15) is 0 Å². The zero-order valence-corrected chi connectivity index (χ0v) is 12.3. The lowest BCUT2D eigenvalue weighted by molar-refractivity contribution is 0.0596. The lowest BCUT2D eigenvalue weighted by Crippen LogP contribution is -2.46. The molecule has 1 aromatic carbocycles. The molecule has 0 bridgehead atoms. The first-order chi connectivity index (χ1) is 9.13. The minimum absolute atomic E-state index is 0.122. The maximum Gasteiger partial charge on any atom is 0.339 e. The summed E-state index contributed by atoms with van der Waals surface area (Å²) in [4.78, 5) is 11.3. The summed E-state index contributed by atoms with van der Waals surface area (Å²) in [5, 5.41) is 9.14. The molecule has 0 saturated heterocycles. The van der Waals surface area contributed by atoms with Crippen LogP contribution in [0.15, 0.2) is 23.1 Å². The van der Waals surface area contributed by atoms with Crippen molar-refractivity contribution in [3.63, 3.8) is 0 Å². The quantitative estimate of drug-likeness (QED) is 0.524. The molecule has 0 spiro atoms. The van der Waals surface area contributed by atoms with E-state index < -0.39 is 28.1 Å². The predicted octanol–water partition coefficient (Wildman–Crippen LogP) is 0.105. The number of aliphatic hydroxyl groups is 1. The monoisotopic (exact) mass is 302 g/mol. The number of nitrogens with one attached hydrogen (secondary N) is 1. The minimum atomic E-state index is -4.03. The van der Waals surface area contributed by atoms with E-state index in [1.54, 1.807) is 0 Å². The Labute approximate surface area is 117 Å². The van der Waals surface area contributed by atoms with Crippen molar-refractivity contribution < 1.29 is 23.1 Å². The number of hydrogen-bond acceptors (Lipinski definition) is 6. The van der Waals surface area contributed by atoms with E-state index in [9.17, 15) is 13.2 Å². The van der Waals surface area contributed by atoms with E-state index in [0.717, 1.165) is 7.11 Å². The van der Waals surface area contributed by atoms with Crippen LogP contribution in [0.2, 0.25) is 0 Å². The highest BCUT2D eigenvalue weighted by Crippen LogP contribution is 2.21. The highest BCUT2D eigenvalue weighted by Gasteiger charge is 2.29. The van der Waals surface area contributed by atoms with Gasteiger partial charge in [-0.25, -0.2) is 17.9 Å². The maximum absolute atomic E-state index is 12.3. The third-order valence-electron chi connectivity index (χ3n) is 2.51. The molecule has 0 atom stereocenters. The highest BCUT2D eigenvalue weighted by molar-refractivity contribution is 7.89. The average molecular weight is 302 g/mol. The summed E-state index contributed by atoms with van der Waals surface area (Å²) in [5.74, 6) is -0.785. The summed E-state index contributed by atoms with van der Waals surface area (Å²) in [6.07, 6.45) is 0. The summed E-state index contributed by atoms with van der Waals surface area (Å²) in [6.45, 7) is 2.62. The molecule has 1 rings (SSSR count). The first-order valence-electron chi connectivity index (χ1n) is 5.75.